The van der Waals surface area contributed by atoms with Crippen molar-refractivity contribution >= 4 is 11.8 Å². The molecule has 6 nitrogen and oxygen atoms in total. The van der Waals surface area contributed by atoms with Gasteiger partial charge in [-0.05, 0) is 67.6 Å². The molecule has 0 spiro atoms. The first-order valence-corrected chi connectivity index (χ1v) is 10.3. The third-order valence-electron chi connectivity index (χ3n) is 5.79. The van der Waals surface area contributed by atoms with E-state index in [1.165, 1.54) is 12.1 Å². The Hall–Kier alpha value is -3.48. The van der Waals surface area contributed by atoms with E-state index < -0.39 is 11.7 Å². The lowest BCUT2D eigenvalue weighted by Crippen LogP contribution is -2.37. The monoisotopic (exact) mass is 420 g/mol. The fraction of sp³-hybridized carbons (Fsp3) is 0.292. The van der Waals surface area contributed by atoms with E-state index in [9.17, 15) is 14.0 Å². The molecule has 2 aromatic heterocycles. The number of carbonyl (C=O) groups excluding carboxylic acids is 2. The Labute approximate surface area is 180 Å². The van der Waals surface area contributed by atoms with Crippen molar-refractivity contribution in [1.82, 2.24) is 20.2 Å². The van der Waals surface area contributed by atoms with E-state index in [0.717, 1.165) is 33.6 Å². The molecule has 0 radical (unpaired) electrons. The SMILES string of the molecule is Cc1cc(C)c(C(=O)N2CCc3c(cnc(C)c3CNC(=O)c3ccccc3F)C2)[nH]1. The third kappa shape index (κ3) is 4.08. The second-order valence-electron chi connectivity index (χ2n) is 7.98. The molecular weight excluding hydrogens is 395 g/mol. The topological polar surface area (TPSA) is 78.1 Å². The summed E-state index contributed by atoms with van der Waals surface area (Å²) in [5.41, 5.74) is 6.37. The van der Waals surface area contributed by atoms with Gasteiger partial charge in [-0.3, -0.25) is 14.6 Å². The number of fused-ring (bicyclic) bond motifs is 1. The fourth-order valence-corrected chi connectivity index (χ4v) is 4.15. The number of rotatable bonds is 4. The lowest BCUT2D eigenvalue weighted by molar-refractivity contribution is 0.0728. The lowest BCUT2D eigenvalue weighted by atomic mass is 9.94. The Kier molecular flexibility index (Phi) is 5.59. The van der Waals surface area contributed by atoms with Crippen LogP contribution in [0, 0.1) is 26.6 Å². The van der Waals surface area contributed by atoms with E-state index in [1.807, 2.05) is 31.7 Å². The van der Waals surface area contributed by atoms with Gasteiger partial charge in [-0.25, -0.2) is 4.39 Å². The van der Waals surface area contributed by atoms with E-state index in [4.69, 9.17) is 0 Å². The molecule has 0 saturated heterocycles. The zero-order valence-electron chi connectivity index (χ0n) is 17.9. The highest BCUT2D eigenvalue weighted by molar-refractivity contribution is 5.95. The maximum Gasteiger partial charge on any atom is 0.270 e. The van der Waals surface area contributed by atoms with Gasteiger partial charge in [-0.1, -0.05) is 12.1 Å². The lowest BCUT2D eigenvalue weighted by Gasteiger charge is -2.30. The van der Waals surface area contributed by atoms with Gasteiger partial charge in [0.1, 0.15) is 11.5 Å². The summed E-state index contributed by atoms with van der Waals surface area (Å²) < 4.78 is 13.9. The van der Waals surface area contributed by atoms with Gasteiger partial charge in [0.2, 0.25) is 0 Å². The average Bonchev–Trinajstić information content (AvgIpc) is 3.10. The van der Waals surface area contributed by atoms with Crippen LogP contribution in [0.5, 0.6) is 0 Å². The predicted molar refractivity (Wildman–Crippen MR) is 115 cm³/mol. The van der Waals surface area contributed by atoms with E-state index in [-0.39, 0.29) is 18.0 Å². The number of amides is 2. The number of aromatic amines is 1. The third-order valence-corrected chi connectivity index (χ3v) is 5.79. The molecule has 4 rings (SSSR count). The van der Waals surface area contributed by atoms with Crippen molar-refractivity contribution in [1.29, 1.82) is 0 Å². The van der Waals surface area contributed by atoms with Gasteiger partial charge < -0.3 is 15.2 Å². The molecule has 0 atom stereocenters. The molecule has 0 bridgehead atoms. The number of nitrogens with zero attached hydrogens (tertiary/aromatic N) is 2. The number of aromatic nitrogens is 2. The van der Waals surface area contributed by atoms with Crippen molar-refractivity contribution in [3.05, 3.63) is 87.2 Å². The number of benzene rings is 1. The summed E-state index contributed by atoms with van der Waals surface area (Å²) in [6, 6.07) is 7.88. The molecule has 0 fully saturated rings. The van der Waals surface area contributed by atoms with Gasteiger partial charge in [-0.2, -0.15) is 0 Å². The van der Waals surface area contributed by atoms with Crippen molar-refractivity contribution in [3.63, 3.8) is 0 Å². The fourth-order valence-electron chi connectivity index (χ4n) is 4.15. The molecule has 1 aliphatic rings. The smallest absolute Gasteiger partial charge is 0.270 e. The summed E-state index contributed by atoms with van der Waals surface area (Å²) in [6.07, 6.45) is 2.48. The normalized spacial score (nSPS) is 13.1. The number of H-pyrrole nitrogens is 1. The van der Waals surface area contributed by atoms with Crippen LogP contribution in [0.3, 0.4) is 0 Å². The average molecular weight is 420 g/mol. The van der Waals surface area contributed by atoms with Gasteiger partial charge in [0, 0.05) is 37.2 Å². The van der Waals surface area contributed by atoms with E-state index >= 15 is 0 Å². The highest BCUT2D eigenvalue weighted by atomic mass is 19.1. The van der Waals surface area contributed by atoms with E-state index in [0.29, 0.717) is 25.2 Å². The highest BCUT2D eigenvalue weighted by Crippen LogP contribution is 2.25. The van der Waals surface area contributed by atoms with Crippen molar-refractivity contribution in [3.8, 4) is 0 Å². The number of pyridine rings is 1. The first-order valence-electron chi connectivity index (χ1n) is 10.3. The summed E-state index contributed by atoms with van der Waals surface area (Å²) in [5, 5.41) is 2.81. The quantitative estimate of drug-likeness (QED) is 0.677. The molecule has 7 heteroatoms. The Balaban J connectivity index is 1.52. The van der Waals surface area contributed by atoms with Gasteiger partial charge in [-0.15, -0.1) is 0 Å². The summed E-state index contributed by atoms with van der Waals surface area (Å²) in [5.74, 6) is -1.03. The minimum Gasteiger partial charge on any atom is -0.354 e. The molecule has 2 amide bonds. The molecule has 31 heavy (non-hydrogen) atoms. The van der Waals surface area contributed by atoms with Crippen LogP contribution in [-0.2, 0) is 19.5 Å². The van der Waals surface area contributed by atoms with Gasteiger partial charge in [0.05, 0.1) is 5.56 Å². The summed E-state index contributed by atoms with van der Waals surface area (Å²) in [4.78, 5) is 34.9. The van der Waals surface area contributed by atoms with Gasteiger partial charge in [0.15, 0.2) is 0 Å². The van der Waals surface area contributed by atoms with Crippen LogP contribution in [0.25, 0.3) is 0 Å². The van der Waals surface area contributed by atoms with E-state index in [2.05, 4.69) is 15.3 Å². The number of aryl methyl sites for hydroxylation is 3. The second-order valence-corrected chi connectivity index (χ2v) is 7.98. The maximum atomic E-state index is 13.9. The molecule has 1 aliphatic heterocycles. The summed E-state index contributed by atoms with van der Waals surface area (Å²) >= 11 is 0. The van der Waals surface area contributed by atoms with Crippen LogP contribution in [0.2, 0.25) is 0 Å². The Bertz CT molecular complexity index is 1170. The minimum atomic E-state index is -0.547. The predicted octanol–water partition coefficient (Wildman–Crippen LogP) is 3.60. The van der Waals surface area contributed by atoms with Crippen molar-refractivity contribution in [2.24, 2.45) is 0 Å². The number of hydrogen-bond donors (Lipinski definition) is 2. The van der Waals surface area contributed by atoms with Crippen LogP contribution in [0.1, 0.15) is 54.5 Å². The molecule has 3 aromatic rings. The van der Waals surface area contributed by atoms with Gasteiger partial charge >= 0.3 is 0 Å². The number of carbonyl (C=O) groups is 2. The first kappa shape index (κ1) is 20.8. The standard InChI is InChI=1S/C24H25FN4O2/c1-14-10-15(2)28-22(14)24(31)29-9-8-18-17(13-29)11-26-16(3)20(18)12-27-23(30)19-6-4-5-7-21(19)25/h4-7,10-11,28H,8-9,12-13H2,1-3H3,(H,27,30). The molecule has 160 valence electrons. The minimum absolute atomic E-state index is 0.0197. The molecule has 2 N–H and O–H groups in total. The second kappa shape index (κ2) is 8.34. The first-order chi connectivity index (χ1) is 14.8. The van der Waals surface area contributed by atoms with Crippen molar-refractivity contribution in [2.75, 3.05) is 6.54 Å². The Morgan fingerprint density at radius 3 is 2.71 bits per heavy atom. The zero-order chi connectivity index (χ0) is 22.1. The largest absolute Gasteiger partial charge is 0.354 e. The molecule has 0 unspecified atom stereocenters. The summed E-state index contributed by atoms with van der Waals surface area (Å²) in [7, 11) is 0. The van der Waals surface area contributed by atoms with Crippen molar-refractivity contribution < 1.29 is 14.0 Å². The number of halogens is 1. The van der Waals surface area contributed by atoms with Crippen LogP contribution in [-0.4, -0.2) is 33.2 Å². The van der Waals surface area contributed by atoms with Crippen LogP contribution >= 0.6 is 0 Å². The molecular formula is C24H25FN4O2. The van der Waals surface area contributed by atoms with E-state index in [1.54, 1.807) is 18.3 Å². The number of hydrogen-bond acceptors (Lipinski definition) is 3. The number of nitrogens with one attached hydrogen (secondary N) is 2. The zero-order valence-corrected chi connectivity index (χ0v) is 17.9. The summed E-state index contributed by atoms with van der Waals surface area (Å²) in [6.45, 7) is 7.07. The van der Waals surface area contributed by atoms with Crippen LogP contribution < -0.4 is 5.32 Å². The molecule has 0 aliphatic carbocycles. The van der Waals surface area contributed by atoms with Crippen LogP contribution in [0.15, 0.2) is 36.5 Å². The molecule has 1 aromatic carbocycles. The molecule has 0 saturated carbocycles. The van der Waals surface area contributed by atoms with Gasteiger partial charge in [0.25, 0.3) is 11.8 Å². The Morgan fingerprint density at radius 2 is 2.00 bits per heavy atom. The van der Waals surface area contributed by atoms with Crippen molar-refractivity contribution in [2.45, 2.75) is 40.3 Å². The molecule has 3 heterocycles. The van der Waals surface area contributed by atoms with Crippen LogP contribution in [0.4, 0.5) is 4.39 Å². The Morgan fingerprint density at radius 1 is 1.23 bits per heavy atom. The highest BCUT2D eigenvalue weighted by Gasteiger charge is 2.26. The maximum absolute atomic E-state index is 13.9.